The Morgan fingerprint density at radius 2 is 0.825 bits per heavy atom. The summed E-state index contributed by atoms with van der Waals surface area (Å²) in [5, 5.41) is 23.8. The van der Waals surface area contributed by atoms with E-state index in [1.165, 1.54) is 173 Å². The molecular formula is C57H107NO5. The van der Waals surface area contributed by atoms with E-state index < -0.39 is 18.2 Å². The maximum Gasteiger partial charge on any atom is 0.306 e. The van der Waals surface area contributed by atoms with Gasteiger partial charge in [0.25, 0.3) is 0 Å². The van der Waals surface area contributed by atoms with Crippen LogP contribution < -0.4 is 5.32 Å². The Morgan fingerprint density at radius 1 is 0.460 bits per heavy atom. The molecule has 370 valence electrons. The monoisotopic (exact) mass is 886 g/mol. The standard InChI is InChI=1S/C57H107NO5/c1-4-7-10-13-16-19-22-24-26-28-30-32-35-38-41-44-47-50-57(62)63-53(48-45-42-39-36-33-21-18-15-12-9-6-3)51-56(61)58-54(52-59)55(60)49-46-43-40-37-34-31-29-27-25-23-20-17-14-11-8-5-2/h16,19,24,26,36,39,53-55,59-60H,4-15,17-18,20-23,25,27-35,37-38,40-52H2,1-3H3,(H,58,61)/b19-16-,26-24-,39-36-. The van der Waals surface area contributed by atoms with Crippen molar-refractivity contribution in [2.75, 3.05) is 6.61 Å². The zero-order chi connectivity index (χ0) is 45.9. The van der Waals surface area contributed by atoms with Crippen molar-refractivity contribution in [2.24, 2.45) is 0 Å². The number of aliphatic hydroxyl groups is 2. The van der Waals surface area contributed by atoms with Gasteiger partial charge in [0.15, 0.2) is 0 Å². The molecule has 0 radical (unpaired) electrons. The summed E-state index contributed by atoms with van der Waals surface area (Å²) in [6.07, 6.45) is 60.7. The van der Waals surface area contributed by atoms with E-state index in [9.17, 15) is 19.8 Å². The molecule has 3 unspecified atom stereocenters. The number of allylic oxidation sites excluding steroid dienone is 6. The summed E-state index contributed by atoms with van der Waals surface area (Å²) in [6.45, 7) is 6.46. The number of nitrogens with one attached hydrogen (secondary N) is 1. The Kier molecular flexibility index (Phi) is 49.5. The van der Waals surface area contributed by atoms with E-state index in [0.29, 0.717) is 19.3 Å². The molecule has 0 aromatic carbocycles. The van der Waals surface area contributed by atoms with Crippen molar-refractivity contribution in [3.8, 4) is 0 Å². The van der Waals surface area contributed by atoms with Crippen molar-refractivity contribution in [1.82, 2.24) is 5.32 Å². The molecule has 0 aliphatic carbocycles. The average Bonchev–Trinajstić information content (AvgIpc) is 3.28. The van der Waals surface area contributed by atoms with Crippen LogP contribution in [0, 0.1) is 0 Å². The fourth-order valence-corrected chi connectivity index (χ4v) is 8.46. The lowest BCUT2D eigenvalue weighted by molar-refractivity contribution is -0.151. The maximum absolute atomic E-state index is 13.2. The number of hydrogen-bond donors (Lipinski definition) is 3. The molecule has 0 spiro atoms. The molecule has 0 saturated carbocycles. The summed E-state index contributed by atoms with van der Waals surface area (Å²) in [7, 11) is 0. The smallest absolute Gasteiger partial charge is 0.306 e. The Bertz CT molecular complexity index is 1040. The molecule has 0 aliphatic heterocycles. The highest BCUT2D eigenvalue weighted by molar-refractivity contribution is 5.77. The van der Waals surface area contributed by atoms with E-state index in [1.807, 2.05) is 0 Å². The van der Waals surface area contributed by atoms with Gasteiger partial charge < -0.3 is 20.3 Å². The van der Waals surface area contributed by atoms with Gasteiger partial charge in [-0.3, -0.25) is 9.59 Å². The minimum absolute atomic E-state index is 0.0560. The number of unbranched alkanes of at least 4 members (excludes halogenated alkanes) is 32. The lowest BCUT2D eigenvalue weighted by Crippen LogP contribution is -2.46. The van der Waals surface area contributed by atoms with Crippen LogP contribution in [0.25, 0.3) is 0 Å². The first-order valence-electron chi connectivity index (χ1n) is 27.7. The molecule has 63 heavy (non-hydrogen) atoms. The van der Waals surface area contributed by atoms with Crippen LogP contribution in [0.4, 0.5) is 0 Å². The fraction of sp³-hybridized carbons (Fsp3) is 0.860. The van der Waals surface area contributed by atoms with Crippen molar-refractivity contribution in [3.05, 3.63) is 36.5 Å². The molecule has 0 aromatic heterocycles. The Morgan fingerprint density at radius 3 is 1.29 bits per heavy atom. The number of aliphatic hydroxyl groups excluding tert-OH is 2. The van der Waals surface area contributed by atoms with E-state index in [2.05, 4.69) is 62.5 Å². The number of esters is 1. The average molecular weight is 886 g/mol. The largest absolute Gasteiger partial charge is 0.462 e. The normalized spacial score (nSPS) is 13.4. The Balaban J connectivity index is 4.49. The molecule has 0 bridgehead atoms. The van der Waals surface area contributed by atoms with E-state index in [-0.39, 0.29) is 24.9 Å². The van der Waals surface area contributed by atoms with Gasteiger partial charge in [-0.1, -0.05) is 237 Å². The van der Waals surface area contributed by atoms with E-state index in [4.69, 9.17) is 4.74 Å². The minimum Gasteiger partial charge on any atom is -0.462 e. The van der Waals surface area contributed by atoms with Crippen LogP contribution in [0.2, 0.25) is 0 Å². The number of ether oxygens (including phenoxy) is 1. The van der Waals surface area contributed by atoms with E-state index in [0.717, 1.165) is 70.6 Å². The molecule has 1 amide bonds. The van der Waals surface area contributed by atoms with Crippen LogP contribution in [0.5, 0.6) is 0 Å². The highest BCUT2D eigenvalue weighted by atomic mass is 16.5. The summed E-state index contributed by atoms with van der Waals surface area (Å²) in [5.41, 5.74) is 0. The Labute approximate surface area is 392 Å². The second-order valence-electron chi connectivity index (χ2n) is 19.0. The summed E-state index contributed by atoms with van der Waals surface area (Å²) in [4.78, 5) is 26.2. The third kappa shape index (κ3) is 46.4. The first kappa shape index (κ1) is 61.1. The molecule has 0 saturated heterocycles. The number of rotatable bonds is 50. The third-order valence-corrected chi connectivity index (χ3v) is 12.7. The SMILES string of the molecule is CCCCC/C=C\C/C=C\CCCCCCCCCC(=O)OC(CCC/C=C\CCCCCCCC)CC(=O)NC(CO)C(O)CCCCCCCCCCCCCCCCCC. The van der Waals surface area contributed by atoms with Gasteiger partial charge in [0.05, 0.1) is 25.2 Å². The second-order valence-corrected chi connectivity index (χ2v) is 19.0. The van der Waals surface area contributed by atoms with Crippen LogP contribution >= 0.6 is 0 Å². The first-order chi connectivity index (χ1) is 31.0. The van der Waals surface area contributed by atoms with Crippen molar-refractivity contribution < 1.29 is 24.5 Å². The minimum atomic E-state index is -0.794. The molecule has 3 N–H and O–H groups in total. The van der Waals surface area contributed by atoms with Crippen LogP contribution in [0.1, 0.15) is 290 Å². The van der Waals surface area contributed by atoms with Crippen LogP contribution in [0.3, 0.4) is 0 Å². The molecule has 6 heteroatoms. The topological polar surface area (TPSA) is 95.9 Å². The maximum atomic E-state index is 13.2. The van der Waals surface area contributed by atoms with Gasteiger partial charge in [0.1, 0.15) is 6.10 Å². The van der Waals surface area contributed by atoms with Crippen LogP contribution in [-0.4, -0.2) is 46.9 Å². The quantitative estimate of drug-likeness (QED) is 0.0321. The molecule has 0 aliphatic rings. The summed E-state index contributed by atoms with van der Waals surface area (Å²) < 4.78 is 5.92. The van der Waals surface area contributed by atoms with Gasteiger partial charge in [-0.05, 0) is 77.0 Å². The van der Waals surface area contributed by atoms with Crippen molar-refractivity contribution >= 4 is 11.9 Å². The summed E-state index contributed by atoms with van der Waals surface area (Å²) >= 11 is 0. The number of carbonyl (C=O) groups is 2. The molecular weight excluding hydrogens is 779 g/mol. The molecule has 0 heterocycles. The van der Waals surface area contributed by atoms with E-state index >= 15 is 0 Å². The first-order valence-corrected chi connectivity index (χ1v) is 27.7. The predicted molar refractivity (Wildman–Crippen MR) is 273 cm³/mol. The second kappa shape index (κ2) is 51.1. The number of hydrogen-bond acceptors (Lipinski definition) is 5. The predicted octanol–water partition coefficient (Wildman–Crippen LogP) is 16.8. The molecule has 6 nitrogen and oxygen atoms in total. The van der Waals surface area contributed by atoms with Gasteiger partial charge in [0.2, 0.25) is 5.91 Å². The molecule has 3 atom stereocenters. The molecule has 0 rings (SSSR count). The lowest BCUT2D eigenvalue weighted by Gasteiger charge is -2.24. The van der Waals surface area contributed by atoms with Gasteiger partial charge in [-0.15, -0.1) is 0 Å². The molecule has 0 fully saturated rings. The molecule has 0 aromatic rings. The number of carbonyl (C=O) groups excluding carboxylic acids is 2. The van der Waals surface area contributed by atoms with Crippen LogP contribution in [0.15, 0.2) is 36.5 Å². The van der Waals surface area contributed by atoms with Crippen LogP contribution in [-0.2, 0) is 14.3 Å². The van der Waals surface area contributed by atoms with Gasteiger partial charge >= 0.3 is 5.97 Å². The summed E-state index contributed by atoms with van der Waals surface area (Å²) in [5.74, 6) is -0.502. The number of amides is 1. The van der Waals surface area contributed by atoms with Crippen molar-refractivity contribution in [1.29, 1.82) is 0 Å². The highest BCUT2D eigenvalue weighted by Gasteiger charge is 2.24. The fourth-order valence-electron chi connectivity index (χ4n) is 8.46. The van der Waals surface area contributed by atoms with E-state index in [1.54, 1.807) is 0 Å². The van der Waals surface area contributed by atoms with Crippen molar-refractivity contribution in [3.63, 3.8) is 0 Å². The lowest BCUT2D eigenvalue weighted by atomic mass is 10.0. The summed E-state index contributed by atoms with van der Waals surface area (Å²) in [6, 6.07) is -0.709. The highest BCUT2D eigenvalue weighted by Crippen LogP contribution is 2.18. The zero-order valence-electron chi connectivity index (χ0n) is 42.2. The zero-order valence-corrected chi connectivity index (χ0v) is 42.2. The van der Waals surface area contributed by atoms with Crippen molar-refractivity contribution in [2.45, 2.75) is 309 Å². The Hall–Kier alpha value is -1.92. The van der Waals surface area contributed by atoms with Gasteiger partial charge in [0, 0.05) is 6.42 Å². The third-order valence-electron chi connectivity index (χ3n) is 12.7. The van der Waals surface area contributed by atoms with Gasteiger partial charge in [-0.25, -0.2) is 0 Å². The van der Waals surface area contributed by atoms with Gasteiger partial charge in [-0.2, -0.15) is 0 Å².